The average Bonchev–Trinajstić information content (AvgIpc) is 3.12. The van der Waals surface area contributed by atoms with E-state index in [1.54, 1.807) is 31.4 Å². The number of hydrazone groups is 1. The van der Waals surface area contributed by atoms with Gasteiger partial charge in [-0.05, 0) is 35.4 Å². The van der Waals surface area contributed by atoms with E-state index in [1.165, 1.54) is 5.01 Å². The molecule has 0 saturated heterocycles. The van der Waals surface area contributed by atoms with Crippen LogP contribution in [-0.2, 0) is 14.8 Å². The molecule has 0 fully saturated rings. The van der Waals surface area contributed by atoms with E-state index in [4.69, 9.17) is 4.74 Å². The second-order valence-corrected chi connectivity index (χ2v) is 8.34. The maximum Gasteiger partial charge on any atom is 0.242 e. The molecular formula is C20H23N3O4S. The lowest BCUT2D eigenvalue weighted by Gasteiger charge is -2.21. The summed E-state index contributed by atoms with van der Waals surface area (Å²) in [4.78, 5) is 12.5. The smallest absolute Gasteiger partial charge is 0.242 e. The fourth-order valence-corrected chi connectivity index (χ4v) is 3.69. The van der Waals surface area contributed by atoms with E-state index in [-0.39, 0.29) is 11.9 Å². The van der Waals surface area contributed by atoms with Gasteiger partial charge in [0.2, 0.25) is 15.9 Å². The first kappa shape index (κ1) is 19.9. The molecule has 7 nitrogen and oxygen atoms in total. The van der Waals surface area contributed by atoms with Crippen molar-refractivity contribution in [1.29, 1.82) is 0 Å². The molecule has 1 N–H and O–H groups in total. The molecule has 1 atom stereocenters. The summed E-state index contributed by atoms with van der Waals surface area (Å²) in [7, 11) is -1.72. The molecule has 0 aromatic heterocycles. The molecule has 1 aliphatic rings. The van der Waals surface area contributed by atoms with E-state index in [2.05, 4.69) is 9.82 Å². The molecule has 0 spiro atoms. The van der Waals surface area contributed by atoms with Crippen LogP contribution in [0.25, 0.3) is 0 Å². The summed E-state index contributed by atoms with van der Waals surface area (Å²) in [5.41, 5.74) is 3.06. The summed E-state index contributed by atoms with van der Waals surface area (Å²) < 4.78 is 30.5. The first-order chi connectivity index (χ1) is 13.3. The number of methoxy groups -OCH3 is 1. The third kappa shape index (κ3) is 4.51. The Balaban J connectivity index is 1.89. The minimum absolute atomic E-state index is 0.0572. The lowest BCUT2D eigenvalue weighted by Crippen LogP contribution is -2.26. The zero-order valence-electron chi connectivity index (χ0n) is 16.0. The summed E-state index contributed by atoms with van der Waals surface area (Å²) in [6.45, 7) is 1.81. The van der Waals surface area contributed by atoms with Crippen molar-refractivity contribution < 1.29 is 17.9 Å². The molecule has 148 valence electrons. The molecule has 28 heavy (non-hydrogen) atoms. The highest BCUT2D eigenvalue weighted by Gasteiger charge is 2.32. The van der Waals surface area contributed by atoms with Crippen molar-refractivity contribution in [3.8, 4) is 5.75 Å². The number of carbonyl (C=O) groups is 1. The largest absolute Gasteiger partial charge is 0.497 e. The fourth-order valence-electron chi connectivity index (χ4n) is 3.13. The minimum Gasteiger partial charge on any atom is -0.497 e. The van der Waals surface area contributed by atoms with Gasteiger partial charge in [0.15, 0.2) is 0 Å². The molecule has 0 radical (unpaired) electrons. The number of rotatable bonds is 6. The third-order valence-electron chi connectivity index (χ3n) is 4.47. The highest BCUT2D eigenvalue weighted by molar-refractivity contribution is 7.92. The molecule has 8 heteroatoms. The average molecular weight is 401 g/mol. The Morgan fingerprint density at radius 3 is 2.57 bits per heavy atom. The number of anilines is 1. The van der Waals surface area contributed by atoms with Gasteiger partial charge >= 0.3 is 0 Å². The number of carbonyl (C=O) groups excluding carboxylic acids is 1. The number of amides is 1. The standard InChI is InChI=1S/C20H23N3O4S/c1-4-20(24)23-19(15-6-5-7-17(12-15)27-2)13-18(21-23)14-8-10-16(11-9-14)22-28(3,25)26/h5-12,19,22H,4,13H2,1-3H3/t19-/m1/s1. The van der Waals surface area contributed by atoms with Crippen LogP contribution >= 0.6 is 0 Å². The predicted molar refractivity (Wildman–Crippen MR) is 109 cm³/mol. The Morgan fingerprint density at radius 2 is 1.96 bits per heavy atom. The topological polar surface area (TPSA) is 88.1 Å². The molecule has 1 heterocycles. The minimum atomic E-state index is -3.33. The van der Waals surface area contributed by atoms with E-state index in [9.17, 15) is 13.2 Å². The lowest BCUT2D eigenvalue weighted by atomic mass is 9.98. The number of ether oxygens (including phenoxy) is 1. The van der Waals surface area contributed by atoms with Crippen molar-refractivity contribution in [1.82, 2.24) is 5.01 Å². The summed E-state index contributed by atoms with van der Waals surface area (Å²) in [5, 5.41) is 6.10. The van der Waals surface area contributed by atoms with Gasteiger partial charge in [0.1, 0.15) is 5.75 Å². The van der Waals surface area contributed by atoms with Crippen molar-refractivity contribution >= 4 is 27.3 Å². The molecule has 1 amide bonds. The fraction of sp³-hybridized carbons (Fsp3) is 0.300. The van der Waals surface area contributed by atoms with Gasteiger partial charge in [-0.2, -0.15) is 5.10 Å². The van der Waals surface area contributed by atoms with Gasteiger partial charge < -0.3 is 4.74 Å². The van der Waals surface area contributed by atoms with Gasteiger partial charge in [0.05, 0.1) is 25.1 Å². The first-order valence-electron chi connectivity index (χ1n) is 8.92. The van der Waals surface area contributed by atoms with Crippen LogP contribution in [-0.4, -0.2) is 38.4 Å². The molecule has 3 rings (SSSR count). The monoisotopic (exact) mass is 401 g/mol. The molecule has 1 aliphatic heterocycles. The zero-order chi connectivity index (χ0) is 20.3. The van der Waals surface area contributed by atoms with Gasteiger partial charge in [-0.25, -0.2) is 13.4 Å². The molecule has 2 aromatic carbocycles. The van der Waals surface area contributed by atoms with Crippen LogP contribution in [0, 0.1) is 0 Å². The summed E-state index contributed by atoms with van der Waals surface area (Å²) in [6, 6.07) is 14.4. The molecule has 0 unspecified atom stereocenters. The predicted octanol–water partition coefficient (Wildman–Crippen LogP) is 3.15. The number of nitrogens with zero attached hydrogens (tertiary/aromatic N) is 2. The number of hydrogen-bond acceptors (Lipinski definition) is 5. The quantitative estimate of drug-likeness (QED) is 0.805. The van der Waals surface area contributed by atoms with Crippen molar-refractivity contribution in [3.63, 3.8) is 0 Å². The van der Waals surface area contributed by atoms with Crippen LogP contribution in [0.4, 0.5) is 5.69 Å². The van der Waals surface area contributed by atoms with Gasteiger partial charge in [-0.3, -0.25) is 9.52 Å². The van der Waals surface area contributed by atoms with E-state index in [1.807, 2.05) is 31.2 Å². The number of benzene rings is 2. The van der Waals surface area contributed by atoms with E-state index >= 15 is 0 Å². The number of nitrogens with one attached hydrogen (secondary N) is 1. The van der Waals surface area contributed by atoms with Crippen molar-refractivity contribution in [2.24, 2.45) is 5.10 Å². The molecule has 0 saturated carbocycles. The van der Waals surface area contributed by atoms with Crippen LogP contribution in [0.1, 0.15) is 36.9 Å². The van der Waals surface area contributed by atoms with Crippen LogP contribution < -0.4 is 9.46 Å². The van der Waals surface area contributed by atoms with Gasteiger partial charge in [-0.1, -0.05) is 31.2 Å². The maximum absolute atomic E-state index is 12.5. The van der Waals surface area contributed by atoms with Crippen LogP contribution in [0.2, 0.25) is 0 Å². The van der Waals surface area contributed by atoms with E-state index in [0.717, 1.165) is 28.8 Å². The first-order valence-corrected chi connectivity index (χ1v) is 10.8. The SMILES string of the molecule is CCC(=O)N1N=C(c2ccc(NS(C)(=O)=O)cc2)C[C@@H]1c1cccc(OC)c1. The van der Waals surface area contributed by atoms with Crippen molar-refractivity contribution in [2.75, 3.05) is 18.1 Å². The molecule has 0 bridgehead atoms. The van der Waals surface area contributed by atoms with E-state index in [0.29, 0.717) is 18.5 Å². The highest BCUT2D eigenvalue weighted by atomic mass is 32.2. The molecule has 0 aliphatic carbocycles. The summed E-state index contributed by atoms with van der Waals surface area (Å²) in [5.74, 6) is 0.671. The Morgan fingerprint density at radius 1 is 1.25 bits per heavy atom. The normalized spacial score (nSPS) is 16.6. The van der Waals surface area contributed by atoms with Crippen LogP contribution in [0.5, 0.6) is 5.75 Å². The lowest BCUT2D eigenvalue weighted by molar-refractivity contribution is -0.132. The summed E-state index contributed by atoms with van der Waals surface area (Å²) in [6.07, 6.45) is 2.03. The van der Waals surface area contributed by atoms with Crippen LogP contribution in [0.3, 0.4) is 0 Å². The zero-order valence-corrected chi connectivity index (χ0v) is 16.9. The van der Waals surface area contributed by atoms with Crippen molar-refractivity contribution in [3.05, 3.63) is 59.7 Å². The Bertz CT molecular complexity index is 1000. The Kier molecular flexibility index (Phi) is 5.69. The Hall–Kier alpha value is -2.87. The third-order valence-corrected chi connectivity index (χ3v) is 5.07. The Labute approximate surface area is 165 Å². The van der Waals surface area contributed by atoms with Crippen molar-refractivity contribution in [2.45, 2.75) is 25.8 Å². The molecule has 2 aromatic rings. The molecular weight excluding hydrogens is 378 g/mol. The van der Waals surface area contributed by atoms with E-state index < -0.39 is 10.0 Å². The number of hydrogen-bond donors (Lipinski definition) is 1. The van der Waals surface area contributed by atoms with Gasteiger partial charge in [0, 0.05) is 18.5 Å². The highest BCUT2D eigenvalue weighted by Crippen LogP contribution is 2.34. The maximum atomic E-state index is 12.5. The second-order valence-electron chi connectivity index (χ2n) is 6.59. The summed E-state index contributed by atoms with van der Waals surface area (Å²) >= 11 is 0. The second kappa shape index (κ2) is 8.02. The van der Waals surface area contributed by atoms with Gasteiger partial charge in [-0.15, -0.1) is 0 Å². The number of sulfonamides is 1. The van der Waals surface area contributed by atoms with Crippen LogP contribution in [0.15, 0.2) is 53.6 Å². The van der Waals surface area contributed by atoms with Gasteiger partial charge in [0.25, 0.3) is 0 Å².